The quantitative estimate of drug-likeness (QED) is 0.460. The molecule has 0 unspecified atom stereocenters. The van der Waals surface area contributed by atoms with E-state index in [9.17, 15) is 0 Å². The average molecular weight is 112 g/mol. The third-order valence-electron chi connectivity index (χ3n) is 1.70. The van der Waals surface area contributed by atoms with Crippen LogP contribution in [-0.2, 0) is 0 Å². The summed E-state index contributed by atoms with van der Waals surface area (Å²) in [5.41, 5.74) is 0. The number of nitrogens with zero attached hydrogens (tertiary/aromatic N) is 1. The Balaban J connectivity index is 2.17. The topological polar surface area (TPSA) is 3.24 Å². The van der Waals surface area contributed by atoms with Crippen molar-refractivity contribution in [2.24, 2.45) is 0 Å². The van der Waals surface area contributed by atoms with Crippen LogP contribution in [0.15, 0.2) is 0 Å². The number of rotatable bonds is 0. The van der Waals surface area contributed by atoms with Gasteiger partial charge in [0, 0.05) is 7.05 Å². The van der Waals surface area contributed by atoms with Crippen LogP contribution in [0.4, 0.5) is 0 Å². The standard InChI is InChI=1S/C7H14N/c1-8-6-4-2-3-5-7-8/h1-7H2. The summed E-state index contributed by atoms with van der Waals surface area (Å²) in [6.07, 6.45) is 5.52. The third-order valence-corrected chi connectivity index (χ3v) is 1.70. The molecule has 0 aromatic rings. The van der Waals surface area contributed by atoms with Gasteiger partial charge in [0.1, 0.15) is 0 Å². The summed E-state index contributed by atoms with van der Waals surface area (Å²) < 4.78 is 0. The van der Waals surface area contributed by atoms with Crippen LogP contribution in [0.1, 0.15) is 25.7 Å². The lowest BCUT2D eigenvalue weighted by Gasteiger charge is -2.10. The molecule has 1 rings (SSSR count). The summed E-state index contributed by atoms with van der Waals surface area (Å²) in [6, 6.07) is 0. The maximum Gasteiger partial charge on any atom is 0.0109 e. The van der Waals surface area contributed by atoms with Crippen LogP contribution in [0.3, 0.4) is 0 Å². The maximum absolute atomic E-state index is 3.89. The van der Waals surface area contributed by atoms with E-state index < -0.39 is 0 Å². The minimum Gasteiger partial charge on any atom is -0.302 e. The van der Waals surface area contributed by atoms with E-state index in [1.54, 1.807) is 0 Å². The molecule has 1 aliphatic rings. The van der Waals surface area contributed by atoms with Crippen molar-refractivity contribution in [2.45, 2.75) is 25.7 Å². The summed E-state index contributed by atoms with van der Waals surface area (Å²) in [5, 5.41) is 0. The molecular formula is C7H14N. The van der Waals surface area contributed by atoms with Crippen LogP contribution in [0.5, 0.6) is 0 Å². The first-order valence-corrected chi connectivity index (χ1v) is 3.45. The normalized spacial score (nSPS) is 25.1. The lowest BCUT2D eigenvalue weighted by Crippen LogP contribution is -2.15. The molecule has 0 atom stereocenters. The molecule has 1 radical (unpaired) electrons. The van der Waals surface area contributed by atoms with Crippen molar-refractivity contribution in [3.05, 3.63) is 7.05 Å². The lowest BCUT2D eigenvalue weighted by atomic mass is 10.2. The molecule has 0 aliphatic carbocycles. The second kappa shape index (κ2) is 3.08. The highest BCUT2D eigenvalue weighted by Gasteiger charge is 2.01. The van der Waals surface area contributed by atoms with E-state index in [4.69, 9.17) is 0 Å². The van der Waals surface area contributed by atoms with Crippen molar-refractivity contribution in [1.82, 2.24) is 4.90 Å². The van der Waals surface area contributed by atoms with Gasteiger partial charge in [-0.2, -0.15) is 0 Å². The number of hydrogen-bond donors (Lipinski definition) is 0. The first-order valence-electron chi connectivity index (χ1n) is 3.45. The summed E-state index contributed by atoms with van der Waals surface area (Å²) in [5.74, 6) is 0. The van der Waals surface area contributed by atoms with Gasteiger partial charge in [-0.05, 0) is 25.9 Å². The van der Waals surface area contributed by atoms with Gasteiger partial charge < -0.3 is 4.90 Å². The molecule has 1 heteroatoms. The van der Waals surface area contributed by atoms with Crippen LogP contribution < -0.4 is 0 Å². The third kappa shape index (κ3) is 1.83. The van der Waals surface area contributed by atoms with E-state index >= 15 is 0 Å². The Morgan fingerprint density at radius 3 is 1.88 bits per heavy atom. The van der Waals surface area contributed by atoms with Crippen LogP contribution in [0.2, 0.25) is 0 Å². The van der Waals surface area contributed by atoms with Crippen molar-refractivity contribution in [3.63, 3.8) is 0 Å². The molecule has 1 fully saturated rings. The van der Waals surface area contributed by atoms with Gasteiger partial charge in [-0.25, -0.2) is 0 Å². The Kier molecular flexibility index (Phi) is 2.34. The molecule has 8 heavy (non-hydrogen) atoms. The van der Waals surface area contributed by atoms with Crippen molar-refractivity contribution < 1.29 is 0 Å². The van der Waals surface area contributed by atoms with E-state index in [-0.39, 0.29) is 0 Å². The maximum atomic E-state index is 3.89. The lowest BCUT2D eigenvalue weighted by molar-refractivity contribution is 0.386. The van der Waals surface area contributed by atoms with Gasteiger partial charge in [-0.15, -0.1) is 0 Å². The Bertz CT molecular complexity index is 53.4. The molecule has 47 valence electrons. The van der Waals surface area contributed by atoms with Crippen molar-refractivity contribution in [1.29, 1.82) is 0 Å². The summed E-state index contributed by atoms with van der Waals surface area (Å²) in [4.78, 5) is 2.17. The number of likely N-dealkylation sites (tertiary alicyclic amines) is 1. The predicted octanol–water partition coefficient (Wildman–Crippen LogP) is 1.65. The van der Waals surface area contributed by atoms with Gasteiger partial charge in [-0.1, -0.05) is 12.8 Å². The zero-order valence-electron chi connectivity index (χ0n) is 5.40. The van der Waals surface area contributed by atoms with Gasteiger partial charge in [0.15, 0.2) is 0 Å². The number of hydrogen-bond acceptors (Lipinski definition) is 1. The zero-order chi connectivity index (χ0) is 5.82. The van der Waals surface area contributed by atoms with Gasteiger partial charge >= 0.3 is 0 Å². The second-order valence-electron chi connectivity index (χ2n) is 2.53. The van der Waals surface area contributed by atoms with Gasteiger partial charge in [0.2, 0.25) is 0 Å². The minimum atomic E-state index is 1.21. The summed E-state index contributed by atoms with van der Waals surface area (Å²) in [7, 11) is 3.89. The first kappa shape index (κ1) is 6.09. The summed E-state index contributed by atoms with van der Waals surface area (Å²) in [6.45, 7) is 2.42. The van der Waals surface area contributed by atoms with Crippen LogP contribution >= 0.6 is 0 Å². The largest absolute Gasteiger partial charge is 0.302 e. The smallest absolute Gasteiger partial charge is 0.0109 e. The molecule has 0 amide bonds. The van der Waals surface area contributed by atoms with Crippen LogP contribution in [-0.4, -0.2) is 18.0 Å². The first-order chi connectivity index (χ1) is 3.89. The molecule has 0 N–H and O–H groups in total. The highest BCUT2D eigenvalue weighted by Crippen LogP contribution is 2.07. The molecule has 1 nitrogen and oxygen atoms in total. The fourth-order valence-electron chi connectivity index (χ4n) is 1.14. The van der Waals surface area contributed by atoms with E-state index in [1.165, 1.54) is 38.8 Å². The average Bonchev–Trinajstić information content (AvgIpc) is 1.94. The summed E-state index contributed by atoms with van der Waals surface area (Å²) >= 11 is 0. The fourth-order valence-corrected chi connectivity index (χ4v) is 1.14. The fraction of sp³-hybridized carbons (Fsp3) is 0.857. The highest BCUT2D eigenvalue weighted by atomic mass is 15.1. The Labute approximate surface area is 51.7 Å². The molecular weight excluding hydrogens is 98.1 g/mol. The van der Waals surface area contributed by atoms with E-state index in [0.717, 1.165) is 0 Å². The monoisotopic (exact) mass is 112 g/mol. The molecule has 0 saturated carbocycles. The Morgan fingerprint density at radius 2 is 1.38 bits per heavy atom. The molecule has 0 spiro atoms. The van der Waals surface area contributed by atoms with Crippen LogP contribution in [0, 0.1) is 7.05 Å². The van der Waals surface area contributed by atoms with Gasteiger partial charge in [-0.3, -0.25) is 0 Å². The minimum absolute atomic E-state index is 1.21. The van der Waals surface area contributed by atoms with Crippen molar-refractivity contribution >= 4 is 0 Å². The zero-order valence-corrected chi connectivity index (χ0v) is 5.40. The SMILES string of the molecule is [CH2]N1CCCCCC1. The Morgan fingerprint density at radius 1 is 0.875 bits per heavy atom. The predicted molar refractivity (Wildman–Crippen MR) is 35.4 cm³/mol. The van der Waals surface area contributed by atoms with Crippen molar-refractivity contribution in [3.8, 4) is 0 Å². The molecule has 0 aromatic heterocycles. The molecule has 1 heterocycles. The Hall–Kier alpha value is -0.0400. The van der Waals surface area contributed by atoms with E-state index in [0.29, 0.717) is 0 Å². The molecule has 1 aliphatic heterocycles. The highest BCUT2D eigenvalue weighted by molar-refractivity contribution is 4.60. The van der Waals surface area contributed by atoms with E-state index in [2.05, 4.69) is 11.9 Å². The molecule has 0 bridgehead atoms. The van der Waals surface area contributed by atoms with E-state index in [1.807, 2.05) is 0 Å². The van der Waals surface area contributed by atoms with Gasteiger partial charge in [0.25, 0.3) is 0 Å². The molecule has 1 saturated heterocycles. The van der Waals surface area contributed by atoms with Gasteiger partial charge in [0.05, 0.1) is 0 Å². The van der Waals surface area contributed by atoms with Crippen LogP contribution in [0.25, 0.3) is 0 Å². The second-order valence-corrected chi connectivity index (χ2v) is 2.53. The van der Waals surface area contributed by atoms with Crippen molar-refractivity contribution in [2.75, 3.05) is 13.1 Å². The molecule has 0 aromatic carbocycles.